The van der Waals surface area contributed by atoms with Crippen LogP contribution in [-0.4, -0.2) is 18.4 Å². The van der Waals surface area contributed by atoms with E-state index in [2.05, 4.69) is 18.3 Å². The fourth-order valence-corrected chi connectivity index (χ4v) is 3.48. The summed E-state index contributed by atoms with van der Waals surface area (Å²) in [5.41, 5.74) is 3.22. The van der Waals surface area contributed by atoms with Crippen LogP contribution in [0.3, 0.4) is 0 Å². The van der Waals surface area contributed by atoms with Gasteiger partial charge in [0.1, 0.15) is 5.75 Å². The first kappa shape index (κ1) is 15.4. The molecule has 0 aromatic heterocycles. The molecule has 1 aromatic rings. The molecular formula is C19H27NO2. The van der Waals surface area contributed by atoms with Crippen LogP contribution in [-0.2, 0) is 6.42 Å². The number of fused-ring (bicyclic) bond motifs is 1. The van der Waals surface area contributed by atoms with Gasteiger partial charge in [-0.25, -0.2) is 0 Å². The van der Waals surface area contributed by atoms with Gasteiger partial charge < -0.3 is 10.1 Å². The number of Topliss-reactive ketones (excluding diaryl/α,β-unsaturated/α-hetero) is 1. The number of nitrogens with one attached hydrogen (secondary N) is 1. The molecule has 3 rings (SSSR count). The van der Waals surface area contributed by atoms with Gasteiger partial charge in [0, 0.05) is 18.5 Å². The normalized spacial score (nSPS) is 17.9. The summed E-state index contributed by atoms with van der Waals surface area (Å²) in [5, 5.41) is 3.48. The Morgan fingerprint density at radius 3 is 2.86 bits per heavy atom. The largest absolute Gasteiger partial charge is 0.488 e. The van der Waals surface area contributed by atoms with Crippen LogP contribution in [0.4, 0.5) is 5.69 Å². The van der Waals surface area contributed by atoms with Gasteiger partial charge in [-0.05, 0) is 62.6 Å². The molecule has 0 atom stereocenters. The first-order chi connectivity index (χ1) is 10.8. The molecule has 0 radical (unpaired) electrons. The van der Waals surface area contributed by atoms with Gasteiger partial charge in [0.2, 0.25) is 0 Å². The minimum Gasteiger partial charge on any atom is -0.488 e. The van der Waals surface area contributed by atoms with E-state index in [-0.39, 0.29) is 5.78 Å². The summed E-state index contributed by atoms with van der Waals surface area (Å²) in [6, 6.07) is 4.06. The fourth-order valence-electron chi connectivity index (χ4n) is 3.48. The molecule has 0 spiro atoms. The molecule has 0 bridgehead atoms. The van der Waals surface area contributed by atoms with Crippen LogP contribution in [0.25, 0.3) is 0 Å². The lowest BCUT2D eigenvalue weighted by Gasteiger charge is -2.24. The van der Waals surface area contributed by atoms with Gasteiger partial charge >= 0.3 is 0 Å². The monoisotopic (exact) mass is 301 g/mol. The van der Waals surface area contributed by atoms with Gasteiger partial charge in [-0.2, -0.15) is 0 Å². The molecule has 120 valence electrons. The Morgan fingerprint density at radius 1 is 1.27 bits per heavy atom. The van der Waals surface area contributed by atoms with Crippen molar-refractivity contribution in [3.63, 3.8) is 0 Å². The topological polar surface area (TPSA) is 38.3 Å². The zero-order valence-corrected chi connectivity index (χ0v) is 13.6. The number of aryl methyl sites for hydroxylation is 1. The van der Waals surface area contributed by atoms with E-state index in [9.17, 15) is 4.79 Å². The van der Waals surface area contributed by atoms with Crippen LogP contribution < -0.4 is 10.1 Å². The Morgan fingerprint density at radius 2 is 2.09 bits per heavy atom. The molecule has 2 aliphatic rings. The minimum atomic E-state index is 0.256. The van der Waals surface area contributed by atoms with Gasteiger partial charge in [0.15, 0.2) is 5.78 Å². The van der Waals surface area contributed by atoms with Crippen molar-refractivity contribution in [3.05, 3.63) is 23.3 Å². The second-order valence-electron chi connectivity index (χ2n) is 6.59. The van der Waals surface area contributed by atoms with Gasteiger partial charge in [0.25, 0.3) is 0 Å². The third-order valence-corrected chi connectivity index (χ3v) is 4.78. The first-order valence-corrected chi connectivity index (χ1v) is 8.88. The summed E-state index contributed by atoms with van der Waals surface area (Å²) in [4.78, 5) is 12.4. The second kappa shape index (κ2) is 7.17. The van der Waals surface area contributed by atoms with Crippen molar-refractivity contribution >= 4 is 11.5 Å². The maximum Gasteiger partial charge on any atom is 0.163 e. The van der Waals surface area contributed by atoms with Crippen molar-refractivity contribution in [1.82, 2.24) is 0 Å². The molecule has 1 aliphatic heterocycles. The zero-order chi connectivity index (χ0) is 15.4. The number of carbonyl (C=O) groups is 1. The average molecular weight is 301 g/mol. The molecule has 0 amide bonds. The molecule has 0 unspecified atom stereocenters. The highest BCUT2D eigenvalue weighted by Crippen LogP contribution is 2.36. The van der Waals surface area contributed by atoms with Crippen molar-refractivity contribution in [1.29, 1.82) is 0 Å². The van der Waals surface area contributed by atoms with Crippen LogP contribution in [0, 0.1) is 0 Å². The van der Waals surface area contributed by atoms with Crippen LogP contribution in [0.15, 0.2) is 12.1 Å². The number of ether oxygens (including phenoxy) is 1. The van der Waals surface area contributed by atoms with E-state index >= 15 is 0 Å². The number of anilines is 1. The van der Waals surface area contributed by atoms with Crippen molar-refractivity contribution in [3.8, 4) is 5.75 Å². The van der Waals surface area contributed by atoms with E-state index in [1.165, 1.54) is 18.4 Å². The van der Waals surface area contributed by atoms with Gasteiger partial charge in [-0.1, -0.05) is 13.3 Å². The van der Waals surface area contributed by atoms with Crippen LogP contribution in [0.1, 0.15) is 74.2 Å². The van der Waals surface area contributed by atoms with E-state index < -0.39 is 0 Å². The highest BCUT2D eigenvalue weighted by atomic mass is 16.5. The van der Waals surface area contributed by atoms with Crippen LogP contribution in [0.5, 0.6) is 5.75 Å². The molecule has 0 saturated heterocycles. The third kappa shape index (κ3) is 3.45. The molecule has 1 N–H and O–H groups in total. The van der Waals surface area contributed by atoms with Crippen LogP contribution in [0.2, 0.25) is 0 Å². The number of unbranched alkanes of at least 4 members (excludes halogenated alkanes) is 1. The Bertz CT molecular complexity index is 532. The maximum absolute atomic E-state index is 12.4. The number of hydrogen-bond acceptors (Lipinski definition) is 3. The quantitative estimate of drug-likeness (QED) is 0.771. The molecule has 1 aromatic carbocycles. The molecule has 1 fully saturated rings. The van der Waals surface area contributed by atoms with E-state index in [0.29, 0.717) is 12.5 Å². The van der Waals surface area contributed by atoms with E-state index in [1.807, 2.05) is 6.07 Å². The van der Waals surface area contributed by atoms with Gasteiger partial charge in [-0.15, -0.1) is 0 Å². The molecule has 1 aliphatic carbocycles. The summed E-state index contributed by atoms with van der Waals surface area (Å²) < 4.78 is 6.25. The number of carbonyl (C=O) groups excluding carboxylic acids is 1. The van der Waals surface area contributed by atoms with Crippen molar-refractivity contribution in [2.24, 2.45) is 0 Å². The van der Waals surface area contributed by atoms with Gasteiger partial charge in [0.05, 0.1) is 11.8 Å². The summed E-state index contributed by atoms with van der Waals surface area (Å²) >= 11 is 0. The highest BCUT2D eigenvalue weighted by Gasteiger charge is 2.22. The summed E-state index contributed by atoms with van der Waals surface area (Å²) in [6.07, 6.45) is 9.97. The Kier molecular flexibility index (Phi) is 5.01. The number of rotatable bonds is 6. The lowest BCUT2D eigenvalue weighted by atomic mass is 9.96. The van der Waals surface area contributed by atoms with E-state index in [1.54, 1.807) is 0 Å². The van der Waals surface area contributed by atoms with Crippen molar-refractivity contribution in [2.45, 2.75) is 70.8 Å². The summed E-state index contributed by atoms with van der Waals surface area (Å²) in [7, 11) is 0. The Balaban J connectivity index is 1.86. The van der Waals surface area contributed by atoms with E-state index in [4.69, 9.17) is 4.74 Å². The molecule has 3 nitrogen and oxygen atoms in total. The Labute approximate surface area is 133 Å². The molecular weight excluding hydrogens is 274 g/mol. The van der Waals surface area contributed by atoms with Crippen molar-refractivity contribution < 1.29 is 9.53 Å². The molecule has 1 saturated carbocycles. The van der Waals surface area contributed by atoms with E-state index in [0.717, 1.165) is 62.1 Å². The summed E-state index contributed by atoms with van der Waals surface area (Å²) in [6.45, 7) is 3.12. The fraction of sp³-hybridized carbons (Fsp3) is 0.632. The van der Waals surface area contributed by atoms with Crippen LogP contribution >= 0.6 is 0 Å². The zero-order valence-electron chi connectivity index (χ0n) is 13.6. The van der Waals surface area contributed by atoms with Crippen molar-refractivity contribution in [2.75, 3.05) is 11.9 Å². The minimum absolute atomic E-state index is 0.256. The molecule has 22 heavy (non-hydrogen) atoms. The highest BCUT2D eigenvalue weighted by molar-refractivity contribution is 5.97. The number of benzene rings is 1. The smallest absolute Gasteiger partial charge is 0.163 e. The number of ketones is 1. The number of hydrogen-bond donors (Lipinski definition) is 1. The predicted molar refractivity (Wildman–Crippen MR) is 90.0 cm³/mol. The standard InChI is InChI=1S/C19H27NO2/c1-2-3-10-17(21)15-12-14-7-6-11-20-19(14)18(13-15)22-16-8-4-5-9-16/h12-13,16,20H,2-11H2,1H3. The Hall–Kier alpha value is -1.51. The summed E-state index contributed by atoms with van der Waals surface area (Å²) in [5.74, 6) is 1.16. The maximum atomic E-state index is 12.4. The first-order valence-electron chi connectivity index (χ1n) is 8.88. The lowest BCUT2D eigenvalue weighted by Crippen LogP contribution is -2.18. The SMILES string of the molecule is CCCCC(=O)c1cc2c(c(OC3CCCC3)c1)NCCC2. The third-order valence-electron chi connectivity index (χ3n) is 4.78. The predicted octanol–water partition coefficient (Wildman–Crippen LogP) is 4.74. The molecule has 1 heterocycles. The second-order valence-corrected chi connectivity index (χ2v) is 6.59. The average Bonchev–Trinajstić information content (AvgIpc) is 3.05. The molecule has 3 heteroatoms. The van der Waals surface area contributed by atoms with Gasteiger partial charge in [-0.3, -0.25) is 4.79 Å². The lowest BCUT2D eigenvalue weighted by molar-refractivity contribution is 0.0979.